The van der Waals surface area contributed by atoms with Crippen LogP contribution in [0.4, 0.5) is 0 Å². The van der Waals surface area contributed by atoms with E-state index in [9.17, 15) is 9.59 Å². The van der Waals surface area contributed by atoms with Crippen LogP contribution in [0, 0.1) is 0 Å². The molecule has 2 rings (SSSR count). The van der Waals surface area contributed by atoms with Crippen molar-refractivity contribution in [2.75, 3.05) is 0 Å². The first-order chi connectivity index (χ1) is 9.95. The van der Waals surface area contributed by atoms with Gasteiger partial charge in [-0.2, -0.15) is 0 Å². The Labute approximate surface area is 127 Å². The average Bonchev–Trinajstić information content (AvgIpc) is 2.46. The highest BCUT2D eigenvalue weighted by atomic mass is 32.2. The molecule has 0 aliphatic carbocycles. The van der Waals surface area contributed by atoms with Crippen LogP contribution in [0.5, 0.6) is 0 Å². The van der Waals surface area contributed by atoms with E-state index in [0.29, 0.717) is 16.1 Å². The van der Waals surface area contributed by atoms with Gasteiger partial charge in [-0.1, -0.05) is 30.8 Å². The fraction of sp³-hybridized carbons (Fsp3) is 0.400. The Kier molecular flexibility index (Phi) is 4.67. The summed E-state index contributed by atoms with van der Waals surface area (Å²) in [6.45, 7) is 5.70. The first kappa shape index (κ1) is 15.6. The molecular weight excluding hydrogens is 286 g/mol. The van der Waals surface area contributed by atoms with Gasteiger partial charge in [-0.05, 0) is 32.4 Å². The van der Waals surface area contributed by atoms with Crippen LogP contribution >= 0.6 is 11.8 Å². The Morgan fingerprint density at radius 1 is 1.38 bits per heavy atom. The lowest BCUT2D eigenvalue weighted by Gasteiger charge is -2.19. The van der Waals surface area contributed by atoms with Gasteiger partial charge in [0.25, 0.3) is 5.56 Å². The van der Waals surface area contributed by atoms with E-state index in [4.69, 9.17) is 5.73 Å². The zero-order valence-corrected chi connectivity index (χ0v) is 13.2. The van der Waals surface area contributed by atoms with Crippen molar-refractivity contribution in [2.24, 2.45) is 5.73 Å². The molecule has 1 amide bonds. The van der Waals surface area contributed by atoms with Crippen LogP contribution < -0.4 is 11.3 Å². The quantitative estimate of drug-likeness (QED) is 0.679. The molecule has 2 N–H and O–H groups in total. The van der Waals surface area contributed by atoms with E-state index in [-0.39, 0.29) is 11.6 Å². The van der Waals surface area contributed by atoms with Gasteiger partial charge in [-0.3, -0.25) is 14.2 Å². The molecule has 0 bridgehead atoms. The normalized spacial score (nSPS) is 14.0. The van der Waals surface area contributed by atoms with Gasteiger partial charge >= 0.3 is 0 Å². The SMILES string of the molecule is CCC(C)n1c(SC(C)C(N)=O)nc2ccccc2c1=O. The van der Waals surface area contributed by atoms with Crippen molar-refractivity contribution in [1.82, 2.24) is 9.55 Å². The van der Waals surface area contributed by atoms with Crippen molar-refractivity contribution >= 4 is 28.6 Å². The molecule has 2 unspecified atom stereocenters. The Balaban J connectivity index is 2.66. The Morgan fingerprint density at radius 3 is 2.67 bits per heavy atom. The van der Waals surface area contributed by atoms with Gasteiger partial charge in [0.15, 0.2) is 5.16 Å². The molecule has 0 spiro atoms. The number of rotatable bonds is 5. The maximum absolute atomic E-state index is 12.7. The Bertz CT molecular complexity index is 726. The zero-order valence-electron chi connectivity index (χ0n) is 12.4. The second kappa shape index (κ2) is 6.30. The van der Waals surface area contributed by atoms with Gasteiger partial charge in [0.2, 0.25) is 5.91 Å². The van der Waals surface area contributed by atoms with Crippen LogP contribution in [0.1, 0.15) is 33.2 Å². The minimum atomic E-state index is -0.437. The lowest BCUT2D eigenvalue weighted by molar-refractivity contribution is -0.117. The maximum Gasteiger partial charge on any atom is 0.262 e. The number of thioether (sulfide) groups is 1. The third-order valence-electron chi connectivity index (χ3n) is 3.49. The van der Waals surface area contributed by atoms with Crippen molar-refractivity contribution in [3.8, 4) is 0 Å². The van der Waals surface area contributed by atoms with E-state index in [1.807, 2.05) is 26.0 Å². The van der Waals surface area contributed by atoms with Crippen LogP contribution in [0.25, 0.3) is 10.9 Å². The topological polar surface area (TPSA) is 78.0 Å². The third-order valence-corrected chi connectivity index (χ3v) is 4.57. The largest absolute Gasteiger partial charge is 0.369 e. The highest BCUT2D eigenvalue weighted by molar-refractivity contribution is 8.00. The molecule has 0 fully saturated rings. The summed E-state index contributed by atoms with van der Waals surface area (Å²) in [5.41, 5.74) is 5.88. The van der Waals surface area contributed by atoms with E-state index in [1.165, 1.54) is 11.8 Å². The molecule has 2 atom stereocenters. The lowest BCUT2D eigenvalue weighted by Crippen LogP contribution is -2.28. The third kappa shape index (κ3) is 3.10. The summed E-state index contributed by atoms with van der Waals surface area (Å²) in [6.07, 6.45) is 0.804. The van der Waals surface area contributed by atoms with Crippen molar-refractivity contribution in [1.29, 1.82) is 0 Å². The molecule has 1 heterocycles. The molecular formula is C15H19N3O2S. The second-order valence-corrected chi connectivity index (χ2v) is 6.31. The minimum absolute atomic E-state index is 0.0113. The molecule has 0 aliphatic rings. The number of aromatic nitrogens is 2. The number of amides is 1. The van der Waals surface area contributed by atoms with Gasteiger partial charge in [0.1, 0.15) is 0 Å². The number of carbonyl (C=O) groups excluding carboxylic acids is 1. The van der Waals surface area contributed by atoms with Crippen molar-refractivity contribution < 1.29 is 4.79 Å². The molecule has 21 heavy (non-hydrogen) atoms. The number of fused-ring (bicyclic) bond motifs is 1. The summed E-state index contributed by atoms with van der Waals surface area (Å²) in [5, 5.41) is 0.696. The van der Waals surface area contributed by atoms with Gasteiger partial charge in [-0.25, -0.2) is 4.98 Å². The second-order valence-electron chi connectivity index (χ2n) is 5.01. The molecule has 5 nitrogen and oxygen atoms in total. The number of benzene rings is 1. The first-order valence-electron chi connectivity index (χ1n) is 6.93. The molecule has 6 heteroatoms. The van der Waals surface area contributed by atoms with Crippen molar-refractivity contribution in [3.63, 3.8) is 0 Å². The number of hydrogen-bond donors (Lipinski definition) is 1. The Hall–Kier alpha value is -1.82. The fourth-order valence-electron chi connectivity index (χ4n) is 2.00. The fourth-order valence-corrected chi connectivity index (χ4v) is 2.96. The minimum Gasteiger partial charge on any atom is -0.369 e. The van der Waals surface area contributed by atoms with E-state index in [0.717, 1.165) is 6.42 Å². The summed E-state index contributed by atoms with van der Waals surface area (Å²) in [7, 11) is 0. The predicted molar refractivity (Wildman–Crippen MR) is 85.5 cm³/mol. The van der Waals surface area contributed by atoms with Crippen LogP contribution in [0.15, 0.2) is 34.2 Å². The zero-order chi connectivity index (χ0) is 15.6. The summed E-state index contributed by atoms with van der Waals surface area (Å²) in [4.78, 5) is 28.5. The van der Waals surface area contributed by atoms with Gasteiger partial charge < -0.3 is 5.73 Å². The molecule has 0 aliphatic heterocycles. The Morgan fingerprint density at radius 2 is 2.05 bits per heavy atom. The van der Waals surface area contributed by atoms with E-state index < -0.39 is 11.2 Å². The number of para-hydroxylation sites is 1. The van der Waals surface area contributed by atoms with Crippen LogP contribution in [0.3, 0.4) is 0 Å². The molecule has 0 saturated heterocycles. The summed E-state index contributed by atoms with van der Waals surface area (Å²) in [6, 6.07) is 7.25. The molecule has 0 saturated carbocycles. The summed E-state index contributed by atoms with van der Waals surface area (Å²) >= 11 is 1.23. The number of primary amides is 1. The van der Waals surface area contributed by atoms with Crippen LogP contribution in [0.2, 0.25) is 0 Å². The summed E-state index contributed by atoms with van der Waals surface area (Å²) < 4.78 is 1.66. The van der Waals surface area contributed by atoms with E-state index >= 15 is 0 Å². The molecule has 0 radical (unpaired) electrons. The number of nitrogens with zero attached hydrogens (tertiary/aromatic N) is 2. The van der Waals surface area contributed by atoms with Crippen LogP contribution in [-0.4, -0.2) is 20.7 Å². The standard InChI is InChI=1S/C15H19N3O2S/c1-4-9(2)18-14(20)11-7-5-6-8-12(11)17-15(18)21-10(3)13(16)19/h5-10H,4H2,1-3H3,(H2,16,19). The summed E-state index contributed by atoms with van der Waals surface area (Å²) in [5.74, 6) is -0.418. The van der Waals surface area contributed by atoms with Gasteiger partial charge in [0.05, 0.1) is 16.2 Å². The molecule has 2 aromatic rings. The van der Waals surface area contributed by atoms with E-state index in [2.05, 4.69) is 4.98 Å². The molecule has 1 aromatic heterocycles. The smallest absolute Gasteiger partial charge is 0.262 e. The molecule has 112 valence electrons. The maximum atomic E-state index is 12.7. The van der Waals surface area contributed by atoms with Crippen LogP contribution in [-0.2, 0) is 4.79 Å². The highest BCUT2D eigenvalue weighted by Crippen LogP contribution is 2.25. The number of hydrogen-bond acceptors (Lipinski definition) is 4. The van der Waals surface area contributed by atoms with Gasteiger partial charge in [-0.15, -0.1) is 0 Å². The van der Waals surface area contributed by atoms with Crippen molar-refractivity contribution in [3.05, 3.63) is 34.6 Å². The average molecular weight is 305 g/mol. The first-order valence-corrected chi connectivity index (χ1v) is 7.81. The molecule has 1 aromatic carbocycles. The number of nitrogens with two attached hydrogens (primary N) is 1. The predicted octanol–water partition coefficient (Wildman–Crippen LogP) is 2.33. The number of carbonyl (C=O) groups is 1. The monoisotopic (exact) mass is 305 g/mol. The van der Waals surface area contributed by atoms with Gasteiger partial charge in [0, 0.05) is 6.04 Å². The highest BCUT2D eigenvalue weighted by Gasteiger charge is 2.19. The lowest BCUT2D eigenvalue weighted by atomic mass is 10.2. The van der Waals surface area contributed by atoms with Crippen molar-refractivity contribution in [2.45, 2.75) is 43.6 Å². The van der Waals surface area contributed by atoms with E-state index in [1.54, 1.807) is 23.6 Å².